The molecular formula is C23H35N3O2S. The molecule has 1 unspecified atom stereocenters. The van der Waals surface area contributed by atoms with Gasteiger partial charge in [0.25, 0.3) is 0 Å². The molecule has 0 radical (unpaired) electrons. The Morgan fingerprint density at radius 3 is 2.69 bits per heavy atom. The van der Waals surface area contributed by atoms with Crippen molar-refractivity contribution in [1.82, 2.24) is 15.2 Å². The van der Waals surface area contributed by atoms with Crippen molar-refractivity contribution in [2.75, 3.05) is 32.8 Å². The summed E-state index contributed by atoms with van der Waals surface area (Å²) < 4.78 is 6.76. The molecule has 5 nitrogen and oxygen atoms in total. The second-order valence-electron chi connectivity index (χ2n) is 7.88. The molecule has 1 amide bonds. The van der Waals surface area contributed by atoms with Crippen molar-refractivity contribution in [2.45, 2.75) is 58.4 Å². The summed E-state index contributed by atoms with van der Waals surface area (Å²) in [6.45, 7) is 8.81. The van der Waals surface area contributed by atoms with Crippen LogP contribution in [0, 0.1) is 5.92 Å². The number of unbranched alkanes of at least 4 members (excludes halogenated alkanes) is 1. The highest BCUT2D eigenvalue weighted by Gasteiger charge is 2.27. The standard InChI is InChI=1S/C23H35N3O2S/c1-3-18(4-2)20(26-13-15-28-16-14-26)17-24-22(27)11-7-8-12-23-25-19-9-5-6-10-21(19)29-23/h5-6,9-10,18,20H,3-4,7-8,11-17H2,1-2H3,(H,24,27). The molecule has 1 aromatic carbocycles. The molecule has 1 atom stereocenters. The zero-order chi connectivity index (χ0) is 20.5. The number of hydrogen-bond donors (Lipinski definition) is 1. The van der Waals surface area contributed by atoms with Gasteiger partial charge in [0, 0.05) is 32.1 Å². The number of rotatable bonds is 11. The van der Waals surface area contributed by atoms with Crippen molar-refractivity contribution in [3.05, 3.63) is 29.3 Å². The van der Waals surface area contributed by atoms with E-state index in [0.717, 1.165) is 70.5 Å². The number of benzene rings is 1. The highest BCUT2D eigenvalue weighted by Crippen LogP contribution is 2.23. The van der Waals surface area contributed by atoms with Gasteiger partial charge < -0.3 is 10.1 Å². The summed E-state index contributed by atoms with van der Waals surface area (Å²) in [7, 11) is 0. The lowest BCUT2D eigenvalue weighted by molar-refractivity contribution is -0.121. The SMILES string of the molecule is CCC(CC)C(CNC(=O)CCCCc1nc2ccccc2s1)N1CCOCC1. The Morgan fingerprint density at radius 2 is 1.97 bits per heavy atom. The molecule has 1 fully saturated rings. The third-order valence-corrected chi connectivity index (χ3v) is 7.09. The van der Waals surface area contributed by atoms with Crippen molar-refractivity contribution < 1.29 is 9.53 Å². The molecule has 0 aliphatic carbocycles. The van der Waals surface area contributed by atoms with Crippen molar-refractivity contribution >= 4 is 27.5 Å². The molecule has 1 aliphatic rings. The number of carbonyl (C=O) groups is 1. The Bertz CT molecular complexity index is 720. The first-order valence-corrected chi connectivity index (χ1v) is 12.0. The zero-order valence-corrected chi connectivity index (χ0v) is 18.7. The van der Waals surface area contributed by atoms with Crippen LogP contribution in [0.3, 0.4) is 0 Å². The lowest BCUT2D eigenvalue weighted by Crippen LogP contribution is -2.52. The lowest BCUT2D eigenvalue weighted by atomic mass is 9.92. The third-order valence-electron chi connectivity index (χ3n) is 6.00. The van der Waals surface area contributed by atoms with Gasteiger partial charge >= 0.3 is 0 Å². The van der Waals surface area contributed by atoms with Crippen LogP contribution in [0.25, 0.3) is 10.2 Å². The molecule has 1 aliphatic heterocycles. The first kappa shape index (κ1) is 22.2. The van der Waals surface area contributed by atoms with E-state index in [0.29, 0.717) is 18.4 Å². The van der Waals surface area contributed by atoms with E-state index in [4.69, 9.17) is 4.74 Å². The fraction of sp³-hybridized carbons (Fsp3) is 0.652. The number of carbonyl (C=O) groups excluding carboxylic acids is 1. The second kappa shape index (κ2) is 11.6. The molecule has 29 heavy (non-hydrogen) atoms. The van der Waals surface area contributed by atoms with Crippen LogP contribution in [0.15, 0.2) is 24.3 Å². The minimum Gasteiger partial charge on any atom is -0.379 e. The average molecular weight is 418 g/mol. The van der Waals surface area contributed by atoms with E-state index in [1.165, 1.54) is 9.71 Å². The normalized spacial score (nSPS) is 16.4. The maximum absolute atomic E-state index is 12.4. The molecule has 1 saturated heterocycles. The van der Waals surface area contributed by atoms with Crippen LogP contribution in [-0.4, -0.2) is 54.7 Å². The van der Waals surface area contributed by atoms with Gasteiger partial charge in [0.1, 0.15) is 0 Å². The number of aromatic nitrogens is 1. The van der Waals surface area contributed by atoms with Gasteiger partial charge in [0.05, 0.1) is 28.4 Å². The Morgan fingerprint density at radius 1 is 1.21 bits per heavy atom. The minimum absolute atomic E-state index is 0.179. The molecule has 2 heterocycles. The Kier molecular flexibility index (Phi) is 8.90. The summed E-state index contributed by atoms with van der Waals surface area (Å²) in [6, 6.07) is 8.69. The van der Waals surface area contributed by atoms with Crippen LogP contribution in [0.5, 0.6) is 0 Å². The van der Waals surface area contributed by atoms with Crippen LogP contribution in [-0.2, 0) is 16.0 Å². The number of hydrogen-bond acceptors (Lipinski definition) is 5. The number of morpholine rings is 1. The van der Waals surface area contributed by atoms with Crippen LogP contribution in [0.1, 0.15) is 51.0 Å². The van der Waals surface area contributed by atoms with Crippen molar-refractivity contribution in [2.24, 2.45) is 5.92 Å². The number of para-hydroxylation sites is 1. The molecule has 6 heteroatoms. The number of nitrogens with one attached hydrogen (secondary N) is 1. The lowest BCUT2D eigenvalue weighted by Gasteiger charge is -2.38. The third kappa shape index (κ3) is 6.49. The van der Waals surface area contributed by atoms with E-state index in [1.54, 1.807) is 11.3 Å². The van der Waals surface area contributed by atoms with Gasteiger partial charge in [-0.25, -0.2) is 4.98 Å². The van der Waals surface area contributed by atoms with Crippen molar-refractivity contribution in [1.29, 1.82) is 0 Å². The number of fused-ring (bicyclic) bond motifs is 1. The van der Waals surface area contributed by atoms with Crippen LogP contribution < -0.4 is 5.32 Å². The maximum atomic E-state index is 12.4. The van der Waals surface area contributed by atoms with E-state index in [1.807, 2.05) is 6.07 Å². The summed E-state index contributed by atoms with van der Waals surface area (Å²) in [4.78, 5) is 19.6. The van der Waals surface area contributed by atoms with Crippen molar-refractivity contribution in [3.8, 4) is 0 Å². The van der Waals surface area contributed by atoms with Gasteiger partial charge in [0.2, 0.25) is 5.91 Å². The fourth-order valence-electron chi connectivity index (χ4n) is 4.23. The maximum Gasteiger partial charge on any atom is 0.220 e. The van der Waals surface area contributed by atoms with Gasteiger partial charge in [-0.1, -0.05) is 38.8 Å². The van der Waals surface area contributed by atoms with Gasteiger partial charge in [-0.2, -0.15) is 0 Å². The molecule has 1 N–H and O–H groups in total. The summed E-state index contributed by atoms with van der Waals surface area (Å²) in [6.07, 6.45) is 5.77. The Hall–Kier alpha value is -1.50. The number of nitrogens with zero attached hydrogens (tertiary/aromatic N) is 2. The highest BCUT2D eigenvalue weighted by molar-refractivity contribution is 7.18. The molecule has 1 aromatic heterocycles. The summed E-state index contributed by atoms with van der Waals surface area (Å²) in [5.41, 5.74) is 1.08. The molecule has 0 spiro atoms. The van der Waals surface area contributed by atoms with E-state index >= 15 is 0 Å². The van der Waals surface area contributed by atoms with Gasteiger partial charge in [0.15, 0.2) is 0 Å². The van der Waals surface area contributed by atoms with Gasteiger partial charge in [-0.05, 0) is 37.3 Å². The smallest absolute Gasteiger partial charge is 0.220 e. The molecular weight excluding hydrogens is 382 g/mol. The Labute approximate surface area is 178 Å². The molecule has 0 bridgehead atoms. The van der Waals surface area contributed by atoms with Crippen LogP contribution >= 0.6 is 11.3 Å². The van der Waals surface area contributed by atoms with E-state index < -0.39 is 0 Å². The largest absolute Gasteiger partial charge is 0.379 e. The summed E-state index contributed by atoms with van der Waals surface area (Å²) >= 11 is 1.77. The molecule has 2 aromatic rings. The van der Waals surface area contributed by atoms with E-state index in [-0.39, 0.29) is 5.91 Å². The monoisotopic (exact) mass is 417 g/mol. The number of aryl methyl sites for hydroxylation is 1. The topological polar surface area (TPSA) is 54.5 Å². The molecule has 3 rings (SSSR count). The zero-order valence-electron chi connectivity index (χ0n) is 17.9. The van der Waals surface area contributed by atoms with E-state index in [9.17, 15) is 4.79 Å². The Balaban J connectivity index is 1.40. The molecule has 160 valence electrons. The van der Waals surface area contributed by atoms with Crippen LogP contribution in [0.4, 0.5) is 0 Å². The first-order chi connectivity index (χ1) is 14.2. The number of amides is 1. The highest BCUT2D eigenvalue weighted by atomic mass is 32.1. The summed E-state index contributed by atoms with van der Waals surface area (Å²) in [5, 5.41) is 4.39. The van der Waals surface area contributed by atoms with E-state index in [2.05, 4.69) is 47.2 Å². The predicted molar refractivity (Wildman–Crippen MR) is 120 cm³/mol. The summed E-state index contributed by atoms with van der Waals surface area (Å²) in [5.74, 6) is 0.797. The van der Waals surface area contributed by atoms with Gasteiger partial charge in [-0.3, -0.25) is 9.69 Å². The number of ether oxygens (including phenoxy) is 1. The minimum atomic E-state index is 0.179. The fourth-order valence-corrected chi connectivity index (χ4v) is 5.24. The van der Waals surface area contributed by atoms with Crippen LogP contribution in [0.2, 0.25) is 0 Å². The predicted octanol–water partition coefficient (Wildman–Crippen LogP) is 4.26. The van der Waals surface area contributed by atoms with Crippen molar-refractivity contribution in [3.63, 3.8) is 0 Å². The van der Waals surface area contributed by atoms with Gasteiger partial charge in [-0.15, -0.1) is 11.3 Å². The quantitative estimate of drug-likeness (QED) is 0.555. The average Bonchev–Trinajstić information content (AvgIpc) is 3.17. The molecule has 0 saturated carbocycles. The number of thiazole rings is 1. The first-order valence-electron chi connectivity index (χ1n) is 11.1. The second-order valence-corrected chi connectivity index (χ2v) is 8.99.